The van der Waals surface area contributed by atoms with E-state index in [0.29, 0.717) is 6.04 Å². The Labute approximate surface area is 109 Å². The van der Waals surface area contributed by atoms with Gasteiger partial charge in [0.05, 0.1) is 5.69 Å². The number of piperidine rings is 1. The molecule has 2 rings (SSSR count). The van der Waals surface area contributed by atoms with Gasteiger partial charge in [-0.05, 0) is 45.5 Å². The van der Waals surface area contributed by atoms with E-state index < -0.39 is 0 Å². The minimum atomic E-state index is 0.0887. The van der Waals surface area contributed by atoms with Gasteiger partial charge in [0.25, 0.3) is 5.56 Å². The van der Waals surface area contributed by atoms with Gasteiger partial charge in [-0.2, -0.15) is 0 Å². The summed E-state index contributed by atoms with van der Waals surface area (Å²) in [7, 11) is 2.16. The molecule has 4 nitrogen and oxygen atoms in total. The zero-order valence-electron chi connectivity index (χ0n) is 11.4. The van der Waals surface area contributed by atoms with E-state index in [1.165, 1.54) is 12.8 Å². The highest BCUT2D eigenvalue weighted by Gasteiger charge is 2.16. The SMILES string of the molecule is CCCn1cc(NC2CCN(C)CC2)ccc1=O. The van der Waals surface area contributed by atoms with Crippen molar-refractivity contribution in [1.82, 2.24) is 9.47 Å². The highest BCUT2D eigenvalue weighted by atomic mass is 16.1. The third-order valence-electron chi connectivity index (χ3n) is 3.54. The molecule has 1 aliphatic rings. The molecule has 0 aromatic carbocycles. The summed E-state index contributed by atoms with van der Waals surface area (Å²) in [5.41, 5.74) is 1.16. The maximum atomic E-state index is 11.6. The van der Waals surface area contributed by atoms with Gasteiger partial charge < -0.3 is 14.8 Å². The van der Waals surface area contributed by atoms with Gasteiger partial charge in [-0.3, -0.25) is 4.79 Å². The molecule has 18 heavy (non-hydrogen) atoms. The second kappa shape index (κ2) is 6.05. The minimum absolute atomic E-state index is 0.0887. The fraction of sp³-hybridized carbons (Fsp3) is 0.643. The average Bonchev–Trinajstić information content (AvgIpc) is 2.37. The first-order valence-corrected chi connectivity index (χ1v) is 6.84. The molecule has 2 heterocycles. The predicted octanol–water partition coefficient (Wildman–Crippen LogP) is 1.76. The quantitative estimate of drug-likeness (QED) is 0.883. The van der Waals surface area contributed by atoms with Crippen LogP contribution in [0.25, 0.3) is 0 Å². The second-order valence-electron chi connectivity index (χ2n) is 5.17. The van der Waals surface area contributed by atoms with Gasteiger partial charge in [0.1, 0.15) is 0 Å². The molecule has 1 saturated heterocycles. The van der Waals surface area contributed by atoms with Crippen LogP contribution in [0.5, 0.6) is 0 Å². The third-order valence-corrected chi connectivity index (χ3v) is 3.54. The molecule has 1 N–H and O–H groups in total. The maximum Gasteiger partial charge on any atom is 0.250 e. The summed E-state index contributed by atoms with van der Waals surface area (Å²) in [4.78, 5) is 14.0. The van der Waals surface area contributed by atoms with Crippen molar-refractivity contribution in [2.75, 3.05) is 25.5 Å². The normalized spacial score (nSPS) is 17.9. The van der Waals surface area contributed by atoms with Crippen LogP contribution in [0.15, 0.2) is 23.1 Å². The van der Waals surface area contributed by atoms with Gasteiger partial charge in [-0.15, -0.1) is 0 Å². The highest BCUT2D eigenvalue weighted by Crippen LogP contribution is 2.14. The Morgan fingerprint density at radius 1 is 1.33 bits per heavy atom. The first-order valence-electron chi connectivity index (χ1n) is 6.84. The molecule has 0 bridgehead atoms. The fourth-order valence-electron chi connectivity index (χ4n) is 2.42. The molecule has 1 aromatic heterocycles. The fourth-order valence-corrected chi connectivity index (χ4v) is 2.42. The second-order valence-corrected chi connectivity index (χ2v) is 5.17. The molecule has 0 spiro atoms. The van der Waals surface area contributed by atoms with Crippen LogP contribution >= 0.6 is 0 Å². The van der Waals surface area contributed by atoms with Crippen LogP contribution in [0.2, 0.25) is 0 Å². The lowest BCUT2D eigenvalue weighted by atomic mass is 10.1. The number of hydrogen-bond donors (Lipinski definition) is 1. The molecule has 1 aromatic rings. The summed E-state index contributed by atoms with van der Waals surface area (Å²) in [5.74, 6) is 0. The van der Waals surface area contributed by atoms with Crippen molar-refractivity contribution in [3.63, 3.8) is 0 Å². The van der Waals surface area contributed by atoms with E-state index in [0.717, 1.165) is 31.7 Å². The third kappa shape index (κ3) is 3.35. The van der Waals surface area contributed by atoms with Crippen LogP contribution in [0, 0.1) is 0 Å². The number of pyridine rings is 1. The molecule has 0 saturated carbocycles. The molecule has 100 valence electrons. The summed E-state index contributed by atoms with van der Waals surface area (Å²) < 4.78 is 1.79. The number of rotatable bonds is 4. The van der Waals surface area contributed by atoms with E-state index in [4.69, 9.17) is 0 Å². The van der Waals surface area contributed by atoms with Crippen molar-refractivity contribution < 1.29 is 0 Å². The summed E-state index contributed by atoms with van der Waals surface area (Å²) in [6.07, 6.45) is 5.27. The van der Waals surface area contributed by atoms with Crippen molar-refractivity contribution in [2.45, 2.75) is 38.8 Å². The predicted molar refractivity (Wildman–Crippen MR) is 75.1 cm³/mol. The van der Waals surface area contributed by atoms with Crippen LogP contribution in [0.3, 0.4) is 0 Å². The smallest absolute Gasteiger partial charge is 0.250 e. The highest BCUT2D eigenvalue weighted by molar-refractivity contribution is 5.41. The Morgan fingerprint density at radius 2 is 2.06 bits per heavy atom. The molecule has 0 aliphatic carbocycles. The Bertz CT molecular complexity index is 433. The van der Waals surface area contributed by atoms with E-state index in [1.54, 1.807) is 10.6 Å². The number of nitrogens with zero attached hydrogens (tertiary/aromatic N) is 2. The lowest BCUT2D eigenvalue weighted by molar-refractivity contribution is 0.264. The van der Waals surface area contributed by atoms with Crippen molar-refractivity contribution >= 4 is 5.69 Å². The molecule has 0 radical (unpaired) electrons. The number of aryl methyl sites for hydroxylation is 1. The lowest BCUT2D eigenvalue weighted by Crippen LogP contribution is -2.36. The van der Waals surface area contributed by atoms with Crippen LogP contribution < -0.4 is 10.9 Å². The van der Waals surface area contributed by atoms with Gasteiger partial charge in [0.2, 0.25) is 0 Å². The van der Waals surface area contributed by atoms with E-state index >= 15 is 0 Å². The molecular formula is C14H23N3O. The molecule has 1 aliphatic heterocycles. The van der Waals surface area contributed by atoms with Crippen LogP contribution in [-0.4, -0.2) is 35.6 Å². The molecule has 0 atom stereocenters. The zero-order valence-corrected chi connectivity index (χ0v) is 11.4. The Balaban J connectivity index is 2.01. The van der Waals surface area contributed by atoms with Crippen molar-refractivity contribution in [1.29, 1.82) is 0 Å². The van der Waals surface area contributed by atoms with Gasteiger partial charge >= 0.3 is 0 Å². The van der Waals surface area contributed by atoms with Crippen LogP contribution in [0.1, 0.15) is 26.2 Å². The molecule has 4 heteroatoms. The van der Waals surface area contributed by atoms with Gasteiger partial charge in [-0.25, -0.2) is 0 Å². The van der Waals surface area contributed by atoms with Crippen molar-refractivity contribution in [3.05, 3.63) is 28.7 Å². The summed E-state index contributed by atoms with van der Waals surface area (Å²) in [5, 5.41) is 3.54. The standard InChI is InChI=1S/C14H23N3O/c1-3-8-17-11-13(4-5-14(17)18)15-12-6-9-16(2)10-7-12/h4-5,11-12,15H,3,6-10H2,1-2H3. The summed E-state index contributed by atoms with van der Waals surface area (Å²) in [6.45, 7) is 5.17. The Kier molecular flexibility index (Phi) is 4.42. The Hall–Kier alpha value is -1.29. The molecule has 0 amide bonds. The topological polar surface area (TPSA) is 37.3 Å². The maximum absolute atomic E-state index is 11.6. The van der Waals surface area contributed by atoms with Crippen molar-refractivity contribution in [3.8, 4) is 0 Å². The molecular weight excluding hydrogens is 226 g/mol. The number of likely N-dealkylation sites (tertiary alicyclic amines) is 1. The minimum Gasteiger partial charge on any atom is -0.381 e. The molecule has 1 fully saturated rings. The number of aromatic nitrogens is 1. The summed E-state index contributed by atoms with van der Waals surface area (Å²) >= 11 is 0. The zero-order chi connectivity index (χ0) is 13.0. The first-order chi connectivity index (χ1) is 8.69. The van der Waals surface area contributed by atoms with E-state index in [9.17, 15) is 4.79 Å². The number of nitrogens with one attached hydrogen (secondary N) is 1. The first kappa shape index (κ1) is 13.1. The Morgan fingerprint density at radius 3 is 2.72 bits per heavy atom. The summed E-state index contributed by atoms with van der Waals surface area (Å²) in [6, 6.07) is 4.09. The van der Waals surface area contributed by atoms with Crippen molar-refractivity contribution in [2.24, 2.45) is 0 Å². The van der Waals surface area contributed by atoms with E-state index in [-0.39, 0.29) is 5.56 Å². The lowest BCUT2D eigenvalue weighted by Gasteiger charge is -2.30. The monoisotopic (exact) mass is 249 g/mol. The van der Waals surface area contributed by atoms with E-state index in [1.807, 2.05) is 12.3 Å². The number of anilines is 1. The van der Waals surface area contributed by atoms with Gasteiger partial charge in [0.15, 0.2) is 0 Å². The van der Waals surface area contributed by atoms with Gasteiger partial charge in [0, 0.05) is 24.8 Å². The average molecular weight is 249 g/mol. The largest absolute Gasteiger partial charge is 0.381 e. The van der Waals surface area contributed by atoms with Crippen LogP contribution in [-0.2, 0) is 6.54 Å². The number of hydrogen-bond acceptors (Lipinski definition) is 3. The molecule has 0 unspecified atom stereocenters. The van der Waals surface area contributed by atoms with E-state index in [2.05, 4.69) is 24.2 Å². The van der Waals surface area contributed by atoms with Gasteiger partial charge in [-0.1, -0.05) is 6.92 Å². The van der Waals surface area contributed by atoms with Crippen LogP contribution in [0.4, 0.5) is 5.69 Å².